The molecule has 12 heteroatoms. The molecule has 2 aromatic heterocycles. The summed E-state index contributed by atoms with van der Waals surface area (Å²) in [4.78, 5) is 14.3. The number of benzene rings is 1. The zero-order chi connectivity index (χ0) is 21.3. The van der Waals surface area contributed by atoms with Gasteiger partial charge >= 0.3 is 0 Å². The van der Waals surface area contributed by atoms with Crippen LogP contribution in [0.3, 0.4) is 0 Å². The second kappa shape index (κ2) is 7.88. The zero-order valence-electron chi connectivity index (χ0n) is 15.4. The fourth-order valence-electron chi connectivity index (χ4n) is 2.94. The van der Waals surface area contributed by atoms with E-state index >= 15 is 0 Å². The van der Waals surface area contributed by atoms with E-state index in [9.17, 15) is 22.0 Å². The number of rotatable bonds is 5. The number of anilines is 1. The maximum Gasteiger partial charge on any atom is 0.295 e. The van der Waals surface area contributed by atoms with Crippen LogP contribution in [0.4, 0.5) is 14.5 Å². The number of ether oxygens (including phenoxy) is 1. The number of H-pyrrole nitrogens is 1. The van der Waals surface area contributed by atoms with E-state index in [4.69, 9.17) is 9.15 Å². The number of aromatic amines is 1. The Balaban J connectivity index is 1.59. The monoisotopic (exact) mass is 438 g/mol. The van der Waals surface area contributed by atoms with Gasteiger partial charge in [0, 0.05) is 19.2 Å². The molecule has 3 aromatic rings. The number of hydrogen-bond donors (Lipinski definition) is 2. The van der Waals surface area contributed by atoms with Crippen LogP contribution in [0.25, 0.3) is 11.5 Å². The van der Waals surface area contributed by atoms with E-state index in [0.29, 0.717) is 32.4 Å². The van der Waals surface area contributed by atoms with Crippen LogP contribution in [-0.2, 0) is 14.8 Å². The van der Waals surface area contributed by atoms with E-state index in [1.165, 1.54) is 12.3 Å². The smallest absolute Gasteiger partial charge is 0.295 e. The van der Waals surface area contributed by atoms with Crippen LogP contribution < -0.4 is 4.72 Å². The third-order valence-electron chi connectivity index (χ3n) is 4.44. The number of sulfonamides is 1. The molecule has 0 radical (unpaired) electrons. The Hall–Kier alpha value is -3.25. The fourth-order valence-corrected chi connectivity index (χ4v) is 3.94. The number of amides is 1. The number of morpholine rings is 1. The summed E-state index contributed by atoms with van der Waals surface area (Å²) in [7, 11) is -4.30. The summed E-state index contributed by atoms with van der Waals surface area (Å²) < 4.78 is 64.4. The molecule has 0 spiro atoms. The first-order chi connectivity index (χ1) is 14.3. The van der Waals surface area contributed by atoms with Crippen molar-refractivity contribution in [3.63, 3.8) is 0 Å². The summed E-state index contributed by atoms with van der Waals surface area (Å²) in [6.07, 6.45) is 1.33. The predicted octanol–water partition coefficient (Wildman–Crippen LogP) is 2.22. The molecule has 30 heavy (non-hydrogen) atoms. The lowest BCUT2D eigenvalue weighted by Gasteiger charge is -2.26. The van der Waals surface area contributed by atoms with Crippen LogP contribution in [0.15, 0.2) is 46.0 Å². The van der Waals surface area contributed by atoms with Crippen molar-refractivity contribution >= 4 is 21.6 Å². The van der Waals surface area contributed by atoms with Crippen LogP contribution >= 0.6 is 0 Å². The maximum atomic E-state index is 13.8. The van der Waals surface area contributed by atoms with Gasteiger partial charge in [0.25, 0.3) is 15.9 Å². The first-order valence-electron chi connectivity index (χ1n) is 8.83. The summed E-state index contributed by atoms with van der Waals surface area (Å²) in [6, 6.07) is 4.93. The van der Waals surface area contributed by atoms with Gasteiger partial charge in [-0.05, 0) is 24.3 Å². The first-order valence-corrected chi connectivity index (χ1v) is 10.3. The number of halogens is 2. The van der Waals surface area contributed by atoms with Crippen molar-refractivity contribution in [2.75, 3.05) is 31.0 Å². The second-order valence-electron chi connectivity index (χ2n) is 6.41. The van der Waals surface area contributed by atoms with Crippen molar-refractivity contribution in [3.05, 3.63) is 53.7 Å². The number of carbonyl (C=O) groups excluding carboxylic acids is 1. The van der Waals surface area contributed by atoms with Crippen LogP contribution in [0.2, 0.25) is 0 Å². The van der Waals surface area contributed by atoms with Gasteiger partial charge in [-0.25, -0.2) is 8.78 Å². The van der Waals surface area contributed by atoms with Crippen LogP contribution in [-0.4, -0.2) is 55.7 Å². The summed E-state index contributed by atoms with van der Waals surface area (Å²) >= 11 is 0. The van der Waals surface area contributed by atoms with E-state index in [1.54, 1.807) is 4.90 Å². The number of carbonyl (C=O) groups is 1. The summed E-state index contributed by atoms with van der Waals surface area (Å²) in [5.74, 6) is -2.15. The lowest BCUT2D eigenvalue weighted by atomic mass is 10.2. The molecule has 9 nitrogen and oxygen atoms in total. The highest BCUT2D eigenvalue weighted by Gasteiger charge is 2.26. The highest BCUT2D eigenvalue weighted by molar-refractivity contribution is 7.92. The number of aromatic nitrogens is 2. The van der Waals surface area contributed by atoms with E-state index in [-0.39, 0.29) is 22.9 Å². The van der Waals surface area contributed by atoms with Crippen LogP contribution in [0.1, 0.15) is 10.4 Å². The molecule has 0 atom stereocenters. The number of nitrogens with one attached hydrogen (secondary N) is 2. The van der Waals surface area contributed by atoms with Crippen LogP contribution in [0.5, 0.6) is 0 Å². The van der Waals surface area contributed by atoms with Gasteiger partial charge in [-0.1, -0.05) is 0 Å². The van der Waals surface area contributed by atoms with Gasteiger partial charge in [0.2, 0.25) is 5.09 Å². The third kappa shape index (κ3) is 3.91. The SMILES string of the molecule is O=C(c1cn[nH]c1-c1ccc(S(=O)(=O)Nc2ccc(F)cc2F)o1)N1CCOCC1. The summed E-state index contributed by atoms with van der Waals surface area (Å²) in [6.45, 7) is 1.70. The molecule has 0 saturated carbocycles. The minimum absolute atomic E-state index is 0.0593. The zero-order valence-corrected chi connectivity index (χ0v) is 16.2. The fraction of sp³-hybridized carbons (Fsp3) is 0.222. The standard InChI is InChI=1S/C18H16F2N4O5S/c19-11-1-2-14(13(20)9-11)23-30(26,27)16-4-3-15(29-16)17-12(10-21-22-17)18(25)24-5-7-28-8-6-24/h1-4,9-10,23H,5-8H2,(H,21,22). The molecule has 1 amide bonds. The lowest BCUT2D eigenvalue weighted by Crippen LogP contribution is -2.40. The van der Waals surface area contributed by atoms with Gasteiger partial charge in [-0.3, -0.25) is 14.6 Å². The minimum Gasteiger partial charge on any atom is -0.441 e. The van der Waals surface area contributed by atoms with Crippen LogP contribution in [0, 0.1) is 11.6 Å². The van der Waals surface area contributed by atoms with Crippen molar-refractivity contribution in [1.29, 1.82) is 0 Å². The minimum atomic E-state index is -4.30. The molecule has 1 aliphatic heterocycles. The van der Waals surface area contributed by atoms with Crippen molar-refractivity contribution in [1.82, 2.24) is 15.1 Å². The molecule has 1 saturated heterocycles. The van der Waals surface area contributed by atoms with E-state index in [2.05, 4.69) is 10.2 Å². The van der Waals surface area contributed by atoms with Gasteiger partial charge in [-0.2, -0.15) is 13.5 Å². The third-order valence-corrected chi connectivity index (χ3v) is 5.67. The molecular formula is C18H16F2N4O5S. The lowest BCUT2D eigenvalue weighted by molar-refractivity contribution is 0.0303. The molecule has 0 aliphatic carbocycles. The molecule has 1 fully saturated rings. The van der Waals surface area contributed by atoms with Crippen molar-refractivity contribution in [2.45, 2.75) is 5.09 Å². The van der Waals surface area contributed by atoms with Crippen molar-refractivity contribution < 1.29 is 31.1 Å². The maximum absolute atomic E-state index is 13.8. The van der Waals surface area contributed by atoms with E-state index in [1.807, 2.05) is 4.72 Å². The molecule has 1 aliphatic rings. The van der Waals surface area contributed by atoms with Crippen molar-refractivity contribution in [3.8, 4) is 11.5 Å². The van der Waals surface area contributed by atoms with Crippen molar-refractivity contribution in [2.24, 2.45) is 0 Å². The molecule has 0 bridgehead atoms. The Morgan fingerprint density at radius 2 is 1.93 bits per heavy atom. The molecule has 3 heterocycles. The van der Waals surface area contributed by atoms with E-state index < -0.39 is 32.4 Å². The topological polar surface area (TPSA) is 118 Å². The molecule has 158 valence electrons. The summed E-state index contributed by atoms with van der Waals surface area (Å²) in [5, 5.41) is 5.98. The highest BCUT2D eigenvalue weighted by atomic mass is 32.2. The second-order valence-corrected chi connectivity index (χ2v) is 8.02. The average molecular weight is 438 g/mol. The predicted molar refractivity (Wildman–Crippen MR) is 100 cm³/mol. The van der Waals surface area contributed by atoms with Gasteiger partial charge in [0.15, 0.2) is 5.76 Å². The normalized spacial score (nSPS) is 14.7. The van der Waals surface area contributed by atoms with Gasteiger partial charge < -0.3 is 14.1 Å². The van der Waals surface area contributed by atoms with E-state index in [0.717, 1.165) is 18.2 Å². The number of hydrogen-bond acceptors (Lipinski definition) is 6. The number of furan rings is 1. The molecule has 1 aromatic carbocycles. The van der Waals surface area contributed by atoms with Gasteiger partial charge in [0.1, 0.15) is 17.3 Å². The first kappa shape index (κ1) is 20.0. The molecule has 0 unspecified atom stereocenters. The Labute approximate surface area is 169 Å². The Morgan fingerprint density at radius 1 is 1.17 bits per heavy atom. The molecule has 2 N–H and O–H groups in total. The Morgan fingerprint density at radius 3 is 2.67 bits per heavy atom. The highest BCUT2D eigenvalue weighted by Crippen LogP contribution is 2.28. The largest absolute Gasteiger partial charge is 0.441 e. The average Bonchev–Trinajstić information content (AvgIpc) is 3.40. The van der Waals surface area contributed by atoms with Gasteiger partial charge in [-0.15, -0.1) is 0 Å². The Kier molecular flexibility index (Phi) is 5.26. The quantitative estimate of drug-likeness (QED) is 0.631. The van der Waals surface area contributed by atoms with Gasteiger partial charge in [0.05, 0.1) is 30.7 Å². The number of nitrogens with zero attached hydrogens (tertiary/aromatic N) is 2. The summed E-state index contributed by atoms with van der Waals surface area (Å²) in [5.41, 5.74) is -0.00675. The molecular weight excluding hydrogens is 422 g/mol. The Bertz CT molecular complexity index is 1180. The molecule has 4 rings (SSSR count).